The van der Waals surface area contributed by atoms with Gasteiger partial charge in [0.25, 0.3) is 10.1 Å². The molecule has 0 fully saturated rings. The second kappa shape index (κ2) is 10.5. The Morgan fingerprint density at radius 2 is 1.76 bits per heavy atom. The number of methoxy groups -OCH3 is 1. The first-order valence-corrected chi connectivity index (χ1v) is 12.4. The van der Waals surface area contributed by atoms with E-state index in [1.165, 1.54) is 12.1 Å². The summed E-state index contributed by atoms with van der Waals surface area (Å²) in [6, 6.07) is 12.0. The van der Waals surface area contributed by atoms with Crippen molar-refractivity contribution in [2.24, 2.45) is 0 Å². The fraction of sp³-hybridized carbons (Fsp3) is 0.400. The Morgan fingerprint density at radius 1 is 1.06 bits per heavy atom. The molecule has 0 bridgehead atoms. The van der Waals surface area contributed by atoms with Gasteiger partial charge in [-0.3, -0.25) is 4.18 Å². The lowest BCUT2D eigenvalue weighted by molar-refractivity contribution is 0.0528. The van der Waals surface area contributed by atoms with E-state index < -0.39 is 21.8 Å². The Hall–Kier alpha value is -3.04. The number of nitrogens with one attached hydrogen (secondary N) is 1. The summed E-state index contributed by atoms with van der Waals surface area (Å²) in [4.78, 5) is 12.1. The molecule has 1 N–H and O–H groups in total. The van der Waals surface area contributed by atoms with E-state index in [0.29, 0.717) is 30.1 Å². The minimum Gasteiger partial charge on any atom is -0.497 e. The standard InChI is InChI=1S/C25H31NO7S/c1-17-6-9-19(10-7-17)34(28,29)31-15-13-22-21(12-14-26-24(27)33-25(2,3)4)20-11-8-18(30-5)16-23(20)32-22/h6-11,16H,12-15H2,1-5H3,(H,26,27). The van der Waals surface area contributed by atoms with Crippen LogP contribution in [0, 0.1) is 6.92 Å². The van der Waals surface area contributed by atoms with Crippen molar-refractivity contribution in [2.45, 2.75) is 51.0 Å². The predicted molar refractivity (Wildman–Crippen MR) is 129 cm³/mol. The Morgan fingerprint density at radius 3 is 2.41 bits per heavy atom. The molecule has 184 valence electrons. The molecule has 1 aromatic heterocycles. The Bertz CT molecular complexity index is 1240. The van der Waals surface area contributed by atoms with E-state index >= 15 is 0 Å². The number of carbonyl (C=O) groups is 1. The zero-order chi connectivity index (χ0) is 24.9. The largest absolute Gasteiger partial charge is 0.497 e. The molecule has 8 nitrogen and oxygen atoms in total. The summed E-state index contributed by atoms with van der Waals surface area (Å²) in [6.07, 6.45) is 0.207. The second-order valence-electron chi connectivity index (χ2n) is 8.88. The Labute approximate surface area is 200 Å². The predicted octanol–water partition coefficient (Wildman–Crippen LogP) is 4.77. The molecule has 3 aromatic rings. The molecule has 0 atom stereocenters. The van der Waals surface area contributed by atoms with Crippen molar-refractivity contribution in [3.8, 4) is 5.75 Å². The first-order chi connectivity index (χ1) is 16.0. The number of aryl methyl sites for hydroxylation is 1. The summed E-state index contributed by atoms with van der Waals surface area (Å²) in [5, 5.41) is 3.61. The summed E-state index contributed by atoms with van der Waals surface area (Å²) in [6.45, 7) is 7.52. The zero-order valence-electron chi connectivity index (χ0n) is 20.1. The molecule has 0 spiro atoms. The van der Waals surface area contributed by atoms with Crippen LogP contribution in [0.15, 0.2) is 51.8 Å². The lowest BCUT2D eigenvalue weighted by Crippen LogP contribution is -2.33. The summed E-state index contributed by atoms with van der Waals surface area (Å²) in [7, 11) is -2.31. The number of hydrogen-bond acceptors (Lipinski definition) is 7. The van der Waals surface area contributed by atoms with Crippen LogP contribution in [-0.2, 0) is 31.9 Å². The third kappa shape index (κ3) is 6.74. The Balaban J connectivity index is 1.73. The van der Waals surface area contributed by atoms with E-state index in [2.05, 4.69) is 5.32 Å². The maximum Gasteiger partial charge on any atom is 0.407 e. The van der Waals surface area contributed by atoms with Gasteiger partial charge in [-0.05, 0) is 58.4 Å². The van der Waals surface area contributed by atoms with Gasteiger partial charge in [0, 0.05) is 30.0 Å². The number of alkyl carbamates (subject to hydrolysis) is 1. The van der Waals surface area contributed by atoms with E-state index in [9.17, 15) is 13.2 Å². The lowest BCUT2D eigenvalue weighted by atomic mass is 10.1. The number of furan rings is 1. The van der Waals surface area contributed by atoms with Crippen LogP contribution in [0.2, 0.25) is 0 Å². The van der Waals surface area contributed by atoms with Crippen molar-refractivity contribution >= 4 is 27.2 Å². The van der Waals surface area contributed by atoms with E-state index in [1.54, 1.807) is 46.1 Å². The molecule has 0 saturated carbocycles. The normalized spacial score (nSPS) is 12.0. The van der Waals surface area contributed by atoms with Gasteiger partial charge in [0.15, 0.2) is 0 Å². The van der Waals surface area contributed by atoms with Gasteiger partial charge in [-0.25, -0.2) is 4.79 Å². The first kappa shape index (κ1) is 25.6. The number of carbonyl (C=O) groups excluding carboxylic acids is 1. The summed E-state index contributed by atoms with van der Waals surface area (Å²) >= 11 is 0. The molecule has 0 aliphatic carbocycles. The van der Waals surface area contributed by atoms with Crippen molar-refractivity contribution < 1.29 is 31.3 Å². The molecule has 2 aromatic carbocycles. The van der Waals surface area contributed by atoms with Crippen molar-refractivity contribution in [3.05, 3.63) is 59.4 Å². The van der Waals surface area contributed by atoms with Crippen molar-refractivity contribution in [1.29, 1.82) is 0 Å². The van der Waals surface area contributed by atoms with Crippen LogP contribution in [0.4, 0.5) is 4.79 Å². The monoisotopic (exact) mass is 489 g/mol. The molecule has 1 amide bonds. The third-order valence-corrected chi connectivity index (χ3v) is 6.33. The van der Waals surface area contributed by atoms with Gasteiger partial charge in [0.1, 0.15) is 22.7 Å². The van der Waals surface area contributed by atoms with Gasteiger partial charge in [-0.2, -0.15) is 8.42 Å². The smallest absolute Gasteiger partial charge is 0.407 e. The maximum atomic E-state index is 12.5. The number of benzene rings is 2. The van der Waals surface area contributed by atoms with Crippen LogP contribution in [0.5, 0.6) is 5.75 Å². The van der Waals surface area contributed by atoms with Gasteiger partial charge in [-0.1, -0.05) is 17.7 Å². The minimum absolute atomic E-state index is 0.0837. The SMILES string of the molecule is COc1ccc2c(CCNC(=O)OC(C)(C)C)c(CCOS(=O)(=O)c3ccc(C)cc3)oc2c1. The Kier molecular flexibility index (Phi) is 7.89. The summed E-state index contributed by atoms with van der Waals surface area (Å²) in [5.74, 6) is 1.23. The first-order valence-electron chi connectivity index (χ1n) is 11.0. The molecule has 0 saturated heterocycles. The highest BCUT2D eigenvalue weighted by atomic mass is 32.2. The highest BCUT2D eigenvalue weighted by Crippen LogP contribution is 2.30. The summed E-state index contributed by atoms with van der Waals surface area (Å²) < 4.78 is 46.8. The topological polar surface area (TPSA) is 104 Å². The number of rotatable bonds is 9. The van der Waals surface area contributed by atoms with E-state index in [1.807, 2.05) is 19.1 Å². The van der Waals surface area contributed by atoms with Gasteiger partial charge in [0.2, 0.25) is 0 Å². The molecule has 3 rings (SSSR count). The fourth-order valence-electron chi connectivity index (χ4n) is 3.40. The molecule has 0 aliphatic heterocycles. The van der Waals surface area contributed by atoms with Gasteiger partial charge >= 0.3 is 6.09 Å². The average Bonchev–Trinajstić information content (AvgIpc) is 3.09. The highest BCUT2D eigenvalue weighted by Gasteiger charge is 2.20. The van der Waals surface area contributed by atoms with Crippen molar-refractivity contribution in [3.63, 3.8) is 0 Å². The number of hydrogen-bond donors (Lipinski definition) is 1. The van der Waals surface area contributed by atoms with E-state index in [4.69, 9.17) is 18.1 Å². The van der Waals surface area contributed by atoms with Crippen molar-refractivity contribution in [2.75, 3.05) is 20.3 Å². The maximum absolute atomic E-state index is 12.5. The number of fused-ring (bicyclic) bond motifs is 1. The van der Waals surface area contributed by atoms with E-state index in [-0.39, 0.29) is 17.9 Å². The molecule has 9 heteroatoms. The van der Waals surface area contributed by atoms with Crippen molar-refractivity contribution in [1.82, 2.24) is 5.32 Å². The van der Waals surface area contributed by atoms with Crippen LogP contribution in [0.3, 0.4) is 0 Å². The molecule has 1 heterocycles. The molecule has 0 aliphatic rings. The fourth-order valence-corrected chi connectivity index (χ4v) is 4.31. The van der Waals surface area contributed by atoms with Gasteiger partial charge in [-0.15, -0.1) is 0 Å². The van der Waals surface area contributed by atoms with E-state index in [0.717, 1.165) is 16.5 Å². The quantitative estimate of drug-likeness (QED) is 0.432. The second-order valence-corrected chi connectivity index (χ2v) is 10.5. The molecule has 0 radical (unpaired) electrons. The van der Waals surface area contributed by atoms with Crippen LogP contribution in [0.25, 0.3) is 11.0 Å². The highest BCUT2D eigenvalue weighted by molar-refractivity contribution is 7.86. The molecular formula is C25H31NO7S. The molecular weight excluding hydrogens is 458 g/mol. The zero-order valence-corrected chi connectivity index (χ0v) is 21.0. The minimum atomic E-state index is -3.88. The molecule has 34 heavy (non-hydrogen) atoms. The lowest BCUT2D eigenvalue weighted by Gasteiger charge is -2.19. The molecule has 0 unspecified atom stereocenters. The van der Waals surface area contributed by atoms with Crippen LogP contribution in [0.1, 0.15) is 37.7 Å². The van der Waals surface area contributed by atoms with Gasteiger partial charge < -0.3 is 19.2 Å². The van der Waals surface area contributed by atoms with Crippen LogP contribution >= 0.6 is 0 Å². The summed E-state index contributed by atoms with van der Waals surface area (Å²) in [5.41, 5.74) is 1.85. The average molecular weight is 490 g/mol. The number of ether oxygens (including phenoxy) is 2. The van der Waals surface area contributed by atoms with Crippen LogP contribution < -0.4 is 10.1 Å². The van der Waals surface area contributed by atoms with Gasteiger partial charge in [0.05, 0.1) is 18.6 Å². The van der Waals surface area contributed by atoms with Crippen LogP contribution in [-0.4, -0.2) is 40.4 Å². The number of amides is 1. The third-order valence-electron chi connectivity index (χ3n) is 5.00.